The summed E-state index contributed by atoms with van der Waals surface area (Å²) in [5.74, 6) is -11.6. The van der Waals surface area contributed by atoms with Gasteiger partial charge >= 0.3 is 18.0 Å². The zero-order chi connectivity index (χ0) is 23.6. The molecule has 0 N–H and O–H groups in total. The first-order valence-corrected chi connectivity index (χ1v) is 9.33. The molecule has 0 heterocycles. The van der Waals surface area contributed by atoms with Crippen molar-refractivity contribution in [2.75, 3.05) is 7.11 Å². The molecule has 0 aliphatic rings. The average Bonchev–Trinajstić information content (AvgIpc) is 2.77. The van der Waals surface area contributed by atoms with Crippen LogP contribution in [0.25, 0.3) is 11.1 Å². The highest BCUT2D eigenvalue weighted by molar-refractivity contribution is 6.01. The molecule has 0 radical (unpaired) electrons. The summed E-state index contributed by atoms with van der Waals surface area (Å²) in [4.78, 5) is 0. The van der Waals surface area contributed by atoms with E-state index in [0.29, 0.717) is 5.75 Å². The Kier molecular flexibility index (Phi) is 6.34. The van der Waals surface area contributed by atoms with Crippen LogP contribution in [0, 0.1) is 0 Å². The number of rotatable bonds is 6. The van der Waals surface area contributed by atoms with Crippen LogP contribution in [0.15, 0.2) is 84.9 Å². The largest absolute Gasteiger partial charge is 0.497 e. The zero-order valence-electron chi connectivity index (χ0n) is 16.6. The lowest BCUT2D eigenvalue weighted by molar-refractivity contribution is -0.338. The Labute approximate surface area is 179 Å². The Morgan fingerprint density at radius 1 is 0.594 bits per heavy atom. The van der Waals surface area contributed by atoms with E-state index < -0.39 is 34.7 Å². The Bertz CT molecular complexity index is 1070. The molecule has 3 rings (SSSR count). The first kappa shape index (κ1) is 23.4. The Morgan fingerprint density at radius 2 is 1.03 bits per heavy atom. The van der Waals surface area contributed by atoms with Crippen LogP contribution in [0.1, 0.15) is 16.7 Å². The minimum atomic E-state index is -6.47. The Hall–Kier alpha value is -3.29. The molecule has 0 aliphatic carbocycles. The second-order valence-corrected chi connectivity index (χ2v) is 6.86. The van der Waals surface area contributed by atoms with Crippen molar-refractivity contribution in [2.45, 2.75) is 18.0 Å². The lowest BCUT2D eigenvalue weighted by atomic mass is 9.84. The van der Waals surface area contributed by atoms with Gasteiger partial charge in [0.05, 0.1) is 7.11 Å². The summed E-state index contributed by atoms with van der Waals surface area (Å²) in [6.07, 6.45) is -6.47. The predicted molar refractivity (Wildman–Crippen MR) is 108 cm³/mol. The van der Waals surface area contributed by atoms with Crippen LogP contribution >= 0.6 is 0 Å². The summed E-state index contributed by atoms with van der Waals surface area (Å²) in [5, 5.41) is 0. The monoisotopic (exact) mass is 454 g/mol. The number of alkyl halides is 7. The molecule has 0 atom stereocenters. The number of methoxy groups -OCH3 is 1. The van der Waals surface area contributed by atoms with Gasteiger partial charge in [-0.1, -0.05) is 72.8 Å². The molecule has 0 fully saturated rings. The van der Waals surface area contributed by atoms with E-state index in [9.17, 15) is 22.0 Å². The van der Waals surface area contributed by atoms with Gasteiger partial charge in [-0.05, 0) is 34.4 Å². The number of allylic oxidation sites excluding steroid dienone is 1. The van der Waals surface area contributed by atoms with E-state index in [0.717, 1.165) is 12.1 Å². The van der Waals surface area contributed by atoms with Crippen LogP contribution in [0.4, 0.5) is 30.7 Å². The van der Waals surface area contributed by atoms with Gasteiger partial charge in [-0.3, -0.25) is 0 Å². The molecule has 0 saturated heterocycles. The molecule has 0 aliphatic heterocycles. The molecule has 3 aromatic carbocycles. The summed E-state index contributed by atoms with van der Waals surface area (Å²) >= 11 is 0. The van der Waals surface area contributed by atoms with Crippen molar-refractivity contribution in [3.8, 4) is 5.75 Å². The molecule has 0 saturated carbocycles. The topological polar surface area (TPSA) is 9.23 Å². The van der Waals surface area contributed by atoms with Gasteiger partial charge in [-0.25, -0.2) is 0 Å². The van der Waals surface area contributed by atoms with Gasteiger partial charge in [0.2, 0.25) is 0 Å². The number of halogens is 7. The number of ether oxygens (including phenoxy) is 1. The fourth-order valence-corrected chi connectivity index (χ4v) is 3.24. The van der Waals surface area contributed by atoms with Crippen LogP contribution in [0.5, 0.6) is 5.75 Å². The first-order chi connectivity index (χ1) is 15.0. The highest BCUT2D eigenvalue weighted by Gasteiger charge is 2.74. The van der Waals surface area contributed by atoms with Crippen molar-refractivity contribution in [1.82, 2.24) is 0 Å². The van der Waals surface area contributed by atoms with Crippen molar-refractivity contribution in [3.63, 3.8) is 0 Å². The maximum absolute atomic E-state index is 15.3. The van der Waals surface area contributed by atoms with Crippen LogP contribution < -0.4 is 4.74 Å². The van der Waals surface area contributed by atoms with Crippen molar-refractivity contribution < 1.29 is 35.5 Å². The average molecular weight is 454 g/mol. The van der Waals surface area contributed by atoms with Gasteiger partial charge in [-0.15, -0.1) is 0 Å². The number of hydrogen-bond acceptors (Lipinski definition) is 1. The molecule has 0 spiro atoms. The highest BCUT2D eigenvalue weighted by atomic mass is 19.4. The second-order valence-electron chi connectivity index (χ2n) is 6.86. The fourth-order valence-electron chi connectivity index (χ4n) is 3.24. The van der Waals surface area contributed by atoms with Crippen molar-refractivity contribution in [3.05, 3.63) is 102 Å². The van der Waals surface area contributed by atoms with Crippen LogP contribution in [0.2, 0.25) is 0 Å². The Balaban J connectivity index is 2.46. The summed E-state index contributed by atoms with van der Waals surface area (Å²) in [7, 11) is 1.37. The molecular formula is C24H17F7O. The molecule has 3 aromatic rings. The molecule has 0 amide bonds. The molecule has 168 valence electrons. The zero-order valence-corrected chi connectivity index (χ0v) is 16.6. The quantitative estimate of drug-likeness (QED) is 0.277. The molecule has 8 heteroatoms. The lowest BCUT2D eigenvalue weighted by Crippen LogP contribution is -2.52. The number of hydrogen-bond donors (Lipinski definition) is 0. The summed E-state index contributed by atoms with van der Waals surface area (Å²) < 4.78 is 103. The van der Waals surface area contributed by atoms with E-state index >= 15 is 8.78 Å². The van der Waals surface area contributed by atoms with Crippen LogP contribution in [-0.4, -0.2) is 25.1 Å². The van der Waals surface area contributed by atoms with E-state index in [4.69, 9.17) is 4.74 Å². The van der Waals surface area contributed by atoms with E-state index in [2.05, 4.69) is 0 Å². The third kappa shape index (κ3) is 4.22. The van der Waals surface area contributed by atoms with E-state index in [1.807, 2.05) is 0 Å². The number of benzene rings is 3. The molecule has 0 aromatic heterocycles. The highest BCUT2D eigenvalue weighted by Crippen LogP contribution is 2.54. The molecule has 1 nitrogen and oxygen atoms in total. The van der Waals surface area contributed by atoms with Gasteiger partial charge in [0.25, 0.3) is 0 Å². The van der Waals surface area contributed by atoms with Crippen molar-refractivity contribution >= 4 is 11.1 Å². The lowest BCUT2D eigenvalue weighted by Gasteiger charge is -2.32. The van der Waals surface area contributed by atoms with Crippen molar-refractivity contribution in [1.29, 1.82) is 0 Å². The maximum atomic E-state index is 15.3. The van der Waals surface area contributed by atoms with Gasteiger partial charge in [0.15, 0.2) is 0 Å². The summed E-state index contributed by atoms with van der Waals surface area (Å²) in [6, 6.07) is 18.9. The molecule has 0 bridgehead atoms. The summed E-state index contributed by atoms with van der Waals surface area (Å²) in [6.45, 7) is 0. The molecular weight excluding hydrogens is 437 g/mol. The minimum absolute atomic E-state index is 0.0218. The predicted octanol–water partition coefficient (Wildman–Crippen LogP) is 7.49. The second kappa shape index (κ2) is 8.68. The third-order valence-electron chi connectivity index (χ3n) is 4.82. The van der Waals surface area contributed by atoms with E-state index in [1.54, 1.807) is 6.07 Å². The standard InChI is InChI=1S/C24H17F7O/c1-32-19-14-12-17(13-15-19)20(16-8-4-2-5-9-16)21(18-10-6-3-7-11-18)22(25,26)23(27,28)24(29,30)31/h2-15H,1H3/b21-20+. The maximum Gasteiger partial charge on any atom is 0.460 e. The smallest absolute Gasteiger partial charge is 0.460 e. The van der Waals surface area contributed by atoms with Gasteiger partial charge in [0, 0.05) is 5.57 Å². The normalized spacial score (nSPS) is 13.5. The summed E-state index contributed by atoms with van der Waals surface area (Å²) in [5.41, 5.74) is -2.27. The fraction of sp³-hybridized carbons (Fsp3) is 0.167. The van der Waals surface area contributed by atoms with Gasteiger partial charge < -0.3 is 4.74 Å². The minimum Gasteiger partial charge on any atom is -0.497 e. The van der Waals surface area contributed by atoms with Gasteiger partial charge in [-0.2, -0.15) is 30.7 Å². The Morgan fingerprint density at radius 3 is 1.47 bits per heavy atom. The van der Waals surface area contributed by atoms with Crippen molar-refractivity contribution in [2.24, 2.45) is 0 Å². The van der Waals surface area contributed by atoms with Gasteiger partial charge in [0.1, 0.15) is 5.75 Å². The van der Waals surface area contributed by atoms with Crippen LogP contribution in [-0.2, 0) is 0 Å². The van der Waals surface area contributed by atoms with E-state index in [-0.39, 0.29) is 11.1 Å². The SMILES string of the molecule is COc1ccc(/C(=C(\c2ccccc2)C(F)(F)C(F)(F)C(F)(F)F)c2ccccc2)cc1. The first-order valence-electron chi connectivity index (χ1n) is 9.33. The molecule has 0 unspecified atom stereocenters. The molecule has 32 heavy (non-hydrogen) atoms. The van der Waals surface area contributed by atoms with Crippen LogP contribution in [0.3, 0.4) is 0 Å². The van der Waals surface area contributed by atoms with E-state index in [1.165, 1.54) is 73.8 Å². The third-order valence-corrected chi connectivity index (χ3v) is 4.82.